The molecule has 1 aromatic carbocycles. The number of carbonyl (C=O) groups excluding carboxylic acids is 2. The van der Waals surface area contributed by atoms with Gasteiger partial charge in [0.05, 0.1) is 6.04 Å². The van der Waals surface area contributed by atoms with Crippen molar-refractivity contribution in [3.63, 3.8) is 0 Å². The largest absolute Gasteiger partial charge is 0.358 e. The van der Waals surface area contributed by atoms with Crippen molar-refractivity contribution in [3.05, 3.63) is 35.9 Å². The monoisotopic (exact) mass is 325 g/mol. The van der Waals surface area contributed by atoms with Crippen LogP contribution in [0.25, 0.3) is 0 Å². The fraction of sp³-hybridized carbons (Fsp3) is 0.500. The van der Waals surface area contributed by atoms with E-state index in [2.05, 4.69) is 10.6 Å². The molecule has 1 aromatic rings. The second-order valence-electron chi connectivity index (χ2n) is 5.22. The Morgan fingerprint density at radius 1 is 1.32 bits per heavy atom. The van der Waals surface area contributed by atoms with Gasteiger partial charge in [0.2, 0.25) is 11.8 Å². The third-order valence-electron chi connectivity index (χ3n) is 3.89. The van der Waals surface area contributed by atoms with Gasteiger partial charge in [-0.3, -0.25) is 14.5 Å². The van der Waals surface area contributed by atoms with E-state index in [1.54, 1.807) is 7.05 Å². The zero-order valence-corrected chi connectivity index (χ0v) is 13.9. The van der Waals surface area contributed by atoms with Gasteiger partial charge in [0, 0.05) is 20.1 Å². The Hall–Kier alpha value is -1.59. The molecule has 2 N–H and O–H groups in total. The normalized spacial score (nSPS) is 19.1. The van der Waals surface area contributed by atoms with Crippen LogP contribution in [0.2, 0.25) is 0 Å². The number of carbonyl (C=O) groups is 2. The van der Waals surface area contributed by atoms with E-state index in [4.69, 9.17) is 0 Å². The maximum atomic E-state index is 12.3. The van der Waals surface area contributed by atoms with Gasteiger partial charge in [0.25, 0.3) is 0 Å². The predicted molar refractivity (Wildman–Crippen MR) is 88.9 cm³/mol. The second kappa shape index (κ2) is 8.76. The summed E-state index contributed by atoms with van der Waals surface area (Å²) in [7, 11) is 1.63. The van der Waals surface area contributed by atoms with Gasteiger partial charge in [-0.2, -0.15) is 0 Å². The van der Waals surface area contributed by atoms with Crippen LogP contribution in [0.1, 0.15) is 31.4 Å². The van der Waals surface area contributed by atoms with E-state index in [-0.39, 0.29) is 30.3 Å². The van der Waals surface area contributed by atoms with Gasteiger partial charge in [0.1, 0.15) is 6.04 Å². The number of rotatable bonds is 5. The number of benzene rings is 1. The highest BCUT2D eigenvalue weighted by Crippen LogP contribution is 2.29. The summed E-state index contributed by atoms with van der Waals surface area (Å²) in [5.74, 6) is -0.0581. The van der Waals surface area contributed by atoms with Crippen molar-refractivity contribution in [1.29, 1.82) is 0 Å². The van der Waals surface area contributed by atoms with Crippen LogP contribution in [-0.2, 0) is 9.59 Å². The molecule has 2 atom stereocenters. The maximum Gasteiger partial charge on any atom is 0.241 e. The summed E-state index contributed by atoms with van der Waals surface area (Å²) in [5, 5.41) is 5.59. The molecule has 22 heavy (non-hydrogen) atoms. The van der Waals surface area contributed by atoms with Gasteiger partial charge in [-0.05, 0) is 25.3 Å². The van der Waals surface area contributed by atoms with Gasteiger partial charge in [-0.1, -0.05) is 30.3 Å². The molecule has 0 spiro atoms. The first-order valence-corrected chi connectivity index (χ1v) is 7.49. The minimum Gasteiger partial charge on any atom is -0.358 e. The SMILES string of the molecule is CCNC(=O)[C@@H]1CCCN1[C@@H](C(=O)NC)c1ccccc1.Cl. The molecule has 0 aromatic heterocycles. The summed E-state index contributed by atoms with van der Waals surface area (Å²) >= 11 is 0. The molecule has 1 fully saturated rings. The molecule has 122 valence electrons. The Labute approximate surface area is 137 Å². The van der Waals surface area contributed by atoms with E-state index < -0.39 is 6.04 Å². The summed E-state index contributed by atoms with van der Waals surface area (Å²) in [6, 6.07) is 9.00. The van der Waals surface area contributed by atoms with E-state index >= 15 is 0 Å². The van der Waals surface area contributed by atoms with E-state index in [1.807, 2.05) is 42.2 Å². The minimum absolute atomic E-state index is 0. The Balaban J connectivity index is 0.00000242. The van der Waals surface area contributed by atoms with E-state index in [1.165, 1.54) is 0 Å². The standard InChI is InChI=1S/C16H23N3O2.ClH/c1-3-18-15(20)13-10-7-11-19(13)14(16(21)17-2)12-8-5-4-6-9-12;/h4-6,8-9,13-14H,3,7,10-11H2,1-2H3,(H,17,21)(H,18,20);1H/t13-,14+;/m0./s1. The van der Waals surface area contributed by atoms with Crippen LogP contribution < -0.4 is 10.6 Å². The maximum absolute atomic E-state index is 12.3. The fourth-order valence-electron chi connectivity index (χ4n) is 2.94. The lowest BCUT2D eigenvalue weighted by Crippen LogP contribution is -2.48. The molecule has 2 amide bonds. The number of hydrogen-bond acceptors (Lipinski definition) is 3. The molecule has 1 heterocycles. The molecule has 0 aliphatic carbocycles. The highest BCUT2D eigenvalue weighted by Gasteiger charge is 2.38. The summed E-state index contributed by atoms with van der Waals surface area (Å²) in [5.41, 5.74) is 0.924. The van der Waals surface area contributed by atoms with Crippen molar-refractivity contribution in [2.45, 2.75) is 31.8 Å². The van der Waals surface area contributed by atoms with Gasteiger partial charge in [0.15, 0.2) is 0 Å². The first-order chi connectivity index (χ1) is 10.2. The lowest BCUT2D eigenvalue weighted by atomic mass is 10.0. The smallest absolute Gasteiger partial charge is 0.241 e. The minimum atomic E-state index is -0.411. The van der Waals surface area contributed by atoms with Crippen LogP contribution in [-0.4, -0.2) is 42.9 Å². The van der Waals surface area contributed by atoms with Crippen LogP contribution in [0.4, 0.5) is 0 Å². The van der Waals surface area contributed by atoms with Crippen LogP contribution in [0, 0.1) is 0 Å². The Bertz CT molecular complexity index is 495. The summed E-state index contributed by atoms with van der Waals surface area (Å²) in [6.07, 6.45) is 1.73. The molecule has 1 aliphatic rings. The van der Waals surface area contributed by atoms with Crippen molar-refractivity contribution >= 4 is 24.2 Å². The molecule has 0 unspecified atom stereocenters. The van der Waals surface area contributed by atoms with Crippen molar-refractivity contribution in [2.75, 3.05) is 20.1 Å². The molecule has 1 saturated heterocycles. The zero-order valence-electron chi connectivity index (χ0n) is 13.0. The average molecular weight is 326 g/mol. The first-order valence-electron chi connectivity index (χ1n) is 7.49. The van der Waals surface area contributed by atoms with Crippen molar-refractivity contribution in [2.24, 2.45) is 0 Å². The van der Waals surface area contributed by atoms with Crippen molar-refractivity contribution < 1.29 is 9.59 Å². The number of nitrogens with zero attached hydrogens (tertiary/aromatic N) is 1. The molecule has 1 aliphatic heterocycles. The summed E-state index contributed by atoms with van der Waals surface area (Å²) in [4.78, 5) is 26.6. The summed E-state index contributed by atoms with van der Waals surface area (Å²) < 4.78 is 0. The van der Waals surface area contributed by atoms with Crippen molar-refractivity contribution in [1.82, 2.24) is 15.5 Å². The molecular formula is C16H24ClN3O2. The molecule has 0 bridgehead atoms. The molecule has 0 saturated carbocycles. The second-order valence-corrected chi connectivity index (χ2v) is 5.22. The molecule has 6 heteroatoms. The van der Waals surface area contributed by atoms with Gasteiger partial charge < -0.3 is 10.6 Å². The van der Waals surface area contributed by atoms with Crippen molar-refractivity contribution in [3.8, 4) is 0 Å². The Morgan fingerprint density at radius 2 is 2.00 bits per heavy atom. The fourth-order valence-corrected chi connectivity index (χ4v) is 2.94. The number of hydrogen-bond donors (Lipinski definition) is 2. The number of likely N-dealkylation sites (N-methyl/N-ethyl adjacent to an activating group) is 2. The van der Waals surface area contributed by atoms with Crippen LogP contribution in [0.15, 0.2) is 30.3 Å². The highest BCUT2D eigenvalue weighted by molar-refractivity contribution is 5.86. The molecular weight excluding hydrogens is 302 g/mol. The molecule has 0 radical (unpaired) electrons. The van der Waals surface area contributed by atoms with Gasteiger partial charge in [-0.25, -0.2) is 0 Å². The lowest BCUT2D eigenvalue weighted by molar-refractivity contribution is -0.131. The van der Waals surface area contributed by atoms with Crippen LogP contribution >= 0.6 is 12.4 Å². The van der Waals surface area contributed by atoms with Gasteiger partial charge in [-0.15, -0.1) is 12.4 Å². The van der Waals surface area contributed by atoms with Crippen LogP contribution in [0.3, 0.4) is 0 Å². The molecule has 5 nitrogen and oxygen atoms in total. The van der Waals surface area contributed by atoms with Gasteiger partial charge >= 0.3 is 0 Å². The first kappa shape index (κ1) is 18.5. The zero-order chi connectivity index (χ0) is 15.2. The van der Waals surface area contributed by atoms with E-state index in [9.17, 15) is 9.59 Å². The third-order valence-corrected chi connectivity index (χ3v) is 3.89. The topological polar surface area (TPSA) is 61.4 Å². The number of amides is 2. The number of likely N-dealkylation sites (tertiary alicyclic amines) is 1. The summed E-state index contributed by atoms with van der Waals surface area (Å²) in [6.45, 7) is 3.28. The quantitative estimate of drug-likeness (QED) is 0.862. The lowest BCUT2D eigenvalue weighted by Gasteiger charge is -2.31. The number of halogens is 1. The van der Waals surface area contributed by atoms with E-state index in [0.717, 1.165) is 24.9 Å². The Morgan fingerprint density at radius 3 is 2.59 bits per heavy atom. The predicted octanol–water partition coefficient (Wildman–Crippen LogP) is 1.50. The highest BCUT2D eigenvalue weighted by atomic mass is 35.5. The third kappa shape index (κ3) is 3.99. The number of nitrogens with one attached hydrogen (secondary N) is 2. The van der Waals surface area contributed by atoms with E-state index in [0.29, 0.717) is 6.54 Å². The molecule has 2 rings (SSSR count). The average Bonchev–Trinajstić information content (AvgIpc) is 2.98. The Kier molecular flexibility index (Phi) is 7.35. The van der Waals surface area contributed by atoms with Crippen LogP contribution in [0.5, 0.6) is 0 Å².